The van der Waals surface area contributed by atoms with Gasteiger partial charge < -0.3 is 10.1 Å². The van der Waals surface area contributed by atoms with Crippen LogP contribution in [0.2, 0.25) is 0 Å². The molecule has 0 amide bonds. The van der Waals surface area contributed by atoms with Crippen LogP contribution in [0.3, 0.4) is 0 Å². The smallest absolute Gasteiger partial charge is 0.129 e. The Bertz CT molecular complexity index is 457. The van der Waals surface area contributed by atoms with E-state index in [4.69, 9.17) is 10.00 Å². The first-order chi connectivity index (χ1) is 7.85. The van der Waals surface area contributed by atoms with Crippen molar-refractivity contribution >= 4 is 5.70 Å². The normalized spacial score (nSPS) is 13.1. The molecular weight excluding hydrogens is 200 g/mol. The van der Waals surface area contributed by atoms with E-state index in [2.05, 4.69) is 18.3 Å². The molecule has 0 saturated carbocycles. The highest BCUT2D eigenvalue weighted by atomic mass is 16.5. The Hall–Kier alpha value is -1.95. The molecule has 0 spiro atoms. The van der Waals surface area contributed by atoms with Crippen LogP contribution in [0.5, 0.6) is 5.75 Å². The van der Waals surface area contributed by atoms with E-state index in [1.54, 1.807) is 6.07 Å². The highest BCUT2D eigenvalue weighted by Crippen LogP contribution is 2.28. The molecule has 0 unspecified atom stereocenters. The summed E-state index contributed by atoms with van der Waals surface area (Å²) in [7, 11) is 0. The van der Waals surface area contributed by atoms with Crippen molar-refractivity contribution in [3.8, 4) is 11.8 Å². The number of nitriles is 1. The molecule has 82 valence electrons. The summed E-state index contributed by atoms with van der Waals surface area (Å²) in [6.07, 6.45) is 3.09. The maximum absolute atomic E-state index is 8.87. The summed E-state index contributed by atoms with van der Waals surface area (Å²) in [6.45, 7) is 3.65. The number of hydrogen-bond acceptors (Lipinski definition) is 3. The van der Waals surface area contributed by atoms with Crippen LogP contribution >= 0.6 is 0 Å². The Balaban J connectivity index is 2.32. The predicted octanol–water partition coefficient (Wildman–Crippen LogP) is 2.29. The molecular formula is C13H14N2O. The third kappa shape index (κ3) is 2.01. The molecule has 0 radical (unpaired) electrons. The molecule has 0 saturated heterocycles. The second-order valence-electron chi connectivity index (χ2n) is 3.68. The minimum Gasteiger partial charge on any atom is -0.489 e. The monoisotopic (exact) mass is 214 g/mol. The van der Waals surface area contributed by atoms with Crippen molar-refractivity contribution in [1.29, 1.82) is 5.26 Å². The van der Waals surface area contributed by atoms with Gasteiger partial charge in [-0.1, -0.05) is 6.92 Å². The third-order valence-electron chi connectivity index (χ3n) is 2.49. The van der Waals surface area contributed by atoms with Gasteiger partial charge >= 0.3 is 0 Å². The summed E-state index contributed by atoms with van der Waals surface area (Å²) in [6, 6.07) is 7.64. The van der Waals surface area contributed by atoms with Gasteiger partial charge in [-0.3, -0.25) is 0 Å². The van der Waals surface area contributed by atoms with Crippen molar-refractivity contribution < 1.29 is 4.74 Å². The molecule has 16 heavy (non-hydrogen) atoms. The van der Waals surface area contributed by atoms with Gasteiger partial charge in [0.15, 0.2) is 0 Å². The van der Waals surface area contributed by atoms with Crippen LogP contribution in [0.15, 0.2) is 24.3 Å². The first-order valence-corrected chi connectivity index (χ1v) is 5.46. The van der Waals surface area contributed by atoms with Crippen molar-refractivity contribution in [3.05, 3.63) is 35.4 Å². The van der Waals surface area contributed by atoms with Crippen LogP contribution in [0, 0.1) is 11.3 Å². The standard InChI is InChI=1S/C13H14N2O/c1-2-6-15-12-5-7-16-13-4-3-10(9-14)8-11(12)13/h3-5,8,15H,2,6-7H2,1H3. The lowest BCUT2D eigenvalue weighted by Crippen LogP contribution is -2.18. The molecule has 1 heterocycles. The highest BCUT2D eigenvalue weighted by molar-refractivity contribution is 5.72. The number of hydrogen-bond donors (Lipinski definition) is 1. The largest absolute Gasteiger partial charge is 0.489 e. The van der Waals surface area contributed by atoms with Crippen molar-refractivity contribution in [2.24, 2.45) is 0 Å². The molecule has 1 aliphatic rings. The predicted molar refractivity (Wildman–Crippen MR) is 62.9 cm³/mol. The molecule has 0 atom stereocenters. The van der Waals surface area contributed by atoms with Gasteiger partial charge in [0.1, 0.15) is 12.4 Å². The minimum absolute atomic E-state index is 0.588. The van der Waals surface area contributed by atoms with Crippen molar-refractivity contribution in [2.45, 2.75) is 13.3 Å². The summed E-state index contributed by atoms with van der Waals surface area (Å²) in [5.74, 6) is 0.847. The van der Waals surface area contributed by atoms with Gasteiger partial charge in [0.25, 0.3) is 0 Å². The first kappa shape index (κ1) is 10.6. The Kier molecular flexibility index (Phi) is 3.11. The molecule has 0 fully saturated rings. The van der Waals surface area contributed by atoms with Crippen LogP contribution in [0.25, 0.3) is 5.70 Å². The van der Waals surface area contributed by atoms with Gasteiger partial charge in [-0.25, -0.2) is 0 Å². The van der Waals surface area contributed by atoms with Crippen LogP contribution in [0.4, 0.5) is 0 Å². The first-order valence-electron chi connectivity index (χ1n) is 5.46. The fourth-order valence-corrected chi connectivity index (χ4v) is 1.69. The van der Waals surface area contributed by atoms with Gasteiger partial charge in [-0.2, -0.15) is 5.26 Å². The van der Waals surface area contributed by atoms with E-state index >= 15 is 0 Å². The zero-order valence-electron chi connectivity index (χ0n) is 9.29. The zero-order chi connectivity index (χ0) is 11.4. The van der Waals surface area contributed by atoms with Crippen molar-refractivity contribution in [2.75, 3.05) is 13.2 Å². The van der Waals surface area contributed by atoms with Crippen LogP contribution in [0.1, 0.15) is 24.5 Å². The second-order valence-corrected chi connectivity index (χ2v) is 3.68. The SMILES string of the molecule is CCCNC1=CCOc2ccc(C#N)cc21. The Labute approximate surface area is 95.3 Å². The van der Waals surface area contributed by atoms with Gasteiger partial charge in [-0.05, 0) is 30.7 Å². The Morgan fingerprint density at radius 3 is 3.12 bits per heavy atom. The molecule has 1 aromatic rings. The zero-order valence-corrected chi connectivity index (χ0v) is 9.29. The summed E-state index contributed by atoms with van der Waals surface area (Å²) in [4.78, 5) is 0. The van der Waals surface area contributed by atoms with E-state index in [-0.39, 0.29) is 0 Å². The van der Waals surface area contributed by atoms with E-state index in [1.165, 1.54) is 0 Å². The van der Waals surface area contributed by atoms with E-state index in [9.17, 15) is 0 Å². The number of nitrogens with one attached hydrogen (secondary N) is 1. The molecule has 2 rings (SSSR count). The number of benzene rings is 1. The summed E-state index contributed by atoms with van der Waals surface area (Å²) in [5, 5.41) is 12.2. The average Bonchev–Trinajstić information content (AvgIpc) is 2.35. The summed E-state index contributed by atoms with van der Waals surface area (Å²) >= 11 is 0. The molecule has 0 aromatic heterocycles. The molecule has 3 nitrogen and oxygen atoms in total. The Morgan fingerprint density at radius 1 is 1.50 bits per heavy atom. The molecule has 0 bridgehead atoms. The Morgan fingerprint density at radius 2 is 2.38 bits per heavy atom. The van der Waals surface area contributed by atoms with E-state index in [0.717, 1.165) is 30.0 Å². The quantitative estimate of drug-likeness (QED) is 0.839. The lowest BCUT2D eigenvalue weighted by molar-refractivity contribution is 0.356. The maximum Gasteiger partial charge on any atom is 0.129 e. The average molecular weight is 214 g/mol. The topological polar surface area (TPSA) is 45.0 Å². The van der Waals surface area contributed by atoms with Crippen LogP contribution in [-0.2, 0) is 0 Å². The second kappa shape index (κ2) is 4.71. The number of nitrogens with zero attached hydrogens (tertiary/aromatic N) is 1. The maximum atomic E-state index is 8.87. The minimum atomic E-state index is 0.588. The highest BCUT2D eigenvalue weighted by Gasteiger charge is 2.13. The van der Waals surface area contributed by atoms with Gasteiger partial charge in [-0.15, -0.1) is 0 Å². The summed E-state index contributed by atoms with van der Waals surface area (Å²) in [5.41, 5.74) is 2.72. The van der Waals surface area contributed by atoms with Gasteiger partial charge in [0, 0.05) is 17.8 Å². The summed E-state index contributed by atoms with van der Waals surface area (Å²) < 4.78 is 5.51. The fourth-order valence-electron chi connectivity index (χ4n) is 1.69. The molecule has 3 heteroatoms. The van der Waals surface area contributed by atoms with E-state index < -0.39 is 0 Å². The van der Waals surface area contributed by atoms with E-state index in [0.29, 0.717) is 12.2 Å². The number of ether oxygens (including phenoxy) is 1. The fraction of sp³-hybridized carbons (Fsp3) is 0.308. The molecule has 0 aliphatic carbocycles. The molecule has 1 N–H and O–H groups in total. The molecule has 1 aromatic carbocycles. The lowest BCUT2D eigenvalue weighted by atomic mass is 10.1. The lowest BCUT2D eigenvalue weighted by Gasteiger charge is -2.19. The van der Waals surface area contributed by atoms with Crippen molar-refractivity contribution in [1.82, 2.24) is 5.32 Å². The van der Waals surface area contributed by atoms with Crippen LogP contribution in [-0.4, -0.2) is 13.2 Å². The third-order valence-corrected chi connectivity index (χ3v) is 2.49. The van der Waals surface area contributed by atoms with E-state index in [1.807, 2.05) is 18.2 Å². The molecule has 1 aliphatic heterocycles. The number of rotatable bonds is 3. The van der Waals surface area contributed by atoms with Crippen molar-refractivity contribution in [3.63, 3.8) is 0 Å². The van der Waals surface area contributed by atoms with Gasteiger partial charge in [0.2, 0.25) is 0 Å². The number of fused-ring (bicyclic) bond motifs is 1. The van der Waals surface area contributed by atoms with Crippen LogP contribution < -0.4 is 10.1 Å². The van der Waals surface area contributed by atoms with Gasteiger partial charge in [0.05, 0.1) is 11.6 Å².